The number of hydrogen-bond donors (Lipinski definition) is 3. The summed E-state index contributed by atoms with van der Waals surface area (Å²) in [6.07, 6.45) is 0. The van der Waals surface area contributed by atoms with Crippen molar-refractivity contribution >= 4 is 67.5 Å². The van der Waals surface area contributed by atoms with E-state index in [4.69, 9.17) is 28.6 Å². The molecule has 1 amide bonds. The standard InChI is InChI=1S/C22H16BrClN4O2S/c1-30-19-9-7-13(10-14(19)23)21(29)28-22(31)27-18-11-12(6-8-15(18)24)20-25-16-4-2-3-5-17(16)26-20/h2-11H,1H3,(H,25,26)(H2,27,28,29,31). The van der Waals surface area contributed by atoms with E-state index in [1.54, 1.807) is 31.4 Å². The number of thiocarbonyl (C=S) groups is 1. The molecule has 0 bridgehead atoms. The summed E-state index contributed by atoms with van der Waals surface area (Å²) in [5.41, 5.74) is 3.63. The highest BCUT2D eigenvalue weighted by atomic mass is 79.9. The number of benzene rings is 3. The lowest BCUT2D eigenvalue weighted by Gasteiger charge is -2.12. The SMILES string of the molecule is COc1ccc(C(=O)NC(=S)Nc2cc(-c3nc4ccccc4[nH]3)ccc2Cl)cc1Br. The lowest BCUT2D eigenvalue weighted by molar-refractivity contribution is 0.0977. The van der Waals surface area contributed by atoms with E-state index in [9.17, 15) is 4.79 Å². The largest absolute Gasteiger partial charge is 0.496 e. The monoisotopic (exact) mass is 514 g/mol. The van der Waals surface area contributed by atoms with Gasteiger partial charge in [-0.2, -0.15) is 0 Å². The molecule has 1 aromatic heterocycles. The molecule has 156 valence electrons. The highest BCUT2D eigenvalue weighted by Crippen LogP contribution is 2.29. The number of para-hydroxylation sites is 2. The zero-order valence-electron chi connectivity index (χ0n) is 16.2. The molecular formula is C22H16BrClN4O2S. The topological polar surface area (TPSA) is 79.0 Å². The van der Waals surface area contributed by atoms with Crippen molar-refractivity contribution in [1.82, 2.24) is 15.3 Å². The molecule has 0 spiro atoms. The van der Waals surface area contributed by atoms with Gasteiger partial charge in [-0.1, -0.05) is 23.7 Å². The van der Waals surface area contributed by atoms with Gasteiger partial charge < -0.3 is 15.0 Å². The maximum absolute atomic E-state index is 12.5. The van der Waals surface area contributed by atoms with E-state index in [1.807, 2.05) is 36.4 Å². The summed E-state index contributed by atoms with van der Waals surface area (Å²) < 4.78 is 5.85. The van der Waals surface area contributed by atoms with Crippen molar-refractivity contribution in [1.29, 1.82) is 0 Å². The lowest BCUT2D eigenvalue weighted by Crippen LogP contribution is -2.34. The Morgan fingerprint density at radius 2 is 1.97 bits per heavy atom. The quantitative estimate of drug-likeness (QED) is 0.300. The number of H-pyrrole nitrogens is 1. The molecule has 0 saturated heterocycles. The molecule has 31 heavy (non-hydrogen) atoms. The molecule has 0 aliphatic heterocycles. The summed E-state index contributed by atoms with van der Waals surface area (Å²) in [5, 5.41) is 6.22. The number of halogens is 2. The molecule has 4 rings (SSSR count). The molecule has 6 nitrogen and oxygen atoms in total. The van der Waals surface area contributed by atoms with Crippen LogP contribution in [-0.4, -0.2) is 28.1 Å². The van der Waals surface area contributed by atoms with E-state index < -0.39 is 0 Å². The number of carbonyl (C=O) groups is 1. The first-order valence-electron chi connectivity index (χ1n) is 9.15. The third-order valence-corrected chi connectivity index (χ3v) is 5.67. The molecule has 3 N–H and O–H groups in total. The molecule has 4 aromatic rings. The number of methoxy groups -OCH3 is 1. The number of nitrogens with zero attached hydrogens (tertiary/aromatic N) is 1. The molecule has 9 heteroatoms. The van der Waals surface area contributed by atoms with E-state index in [-0.39, 0.29) is 11.0 Å². The molecule has 0 radical (unpaired) electrons. The van der Waals surface area contributed by atoms with Gasteiger partial charge >= 0.3 is 0 Å². The molecule has 0 saturated carbocycles. The van der Waals surface area contributed by atoms with Gasteiger partial charge in [-0.25, -0.2) is 4.98 Å². The van der Waals surface area contributed by atoms with Gasteiger partial charge in [-0.3, -0.25) is 10.1 Å². The molecule has 0 fully saturated rings. The zero-order chi connectivity index (χ0) is 22.0. The number of fused-ring (bicyclic) bond motifs is 1. The number of anilines is 1. The fraction of sp³-hybridized carbons (Fsp3) is 0.0455. The Kier molecular flexibility index (Phi) is 6.22. The van der Waals surface area contributed by atoms with Crippen molar-refractivity contribution < 1.29 is 9.53 Å². The normalized spacial score (nSPS) is 10.7. The van der Waals surface area contributed by atoms with Crippen LogP contribution in [0.25, 0.3) is 22.4 Å². The second-order valence-electron chi connectivity index (χ2n) is 6.55. The molecule has 0 atom stereocenters. The lowest BCUT2D eigenvalue weighted by atomic mass is 10.2. The summed E-state index contributed by atoms with van der Waals surface area (Å²) in [6, 6.07) is 18.2. The molecular weight excluding hydrogens is 500 g/mol. The van der Waals surface area contributed by atoms with E-state index in [2.05, 4.69) is 36.5 Å². The average Bonchev–Trinajstić information content (AvgIpc) is 3.19. The van der Waals surface area contributed by atoms with Gasteiger partial charge in [0.25, 0.3) is 5.91 Å². The number of imidazole rings is 1. The summed E-state index contributed by atoms with van der Waals surface area (Å²) >= 11 is 15.0. The smallest absolute Gasteiger partial charge is 0.257 e. The van der Waals surface area contributed by atoms with Gasteiger partial charge in [0, 0.05) is 11.1 Å². The van der Waals surface area contributed by atoms with E-state index >= 15 is 0 Å². The summed E-state index contributed by atoms with van der Waals surface area (Å²) in [7, 11) is 1.56. The highest BCUT2D eigenvalue weighted by Gasteiger charge is 2.13. The van der Waals surface area contributed by atoms with Gasteiger partial charge in [-0.15, -0.1) is 0 Å². The summed E-state index contributed by atoms with van der Waals surface area (Å²) in [4.78, 5) is 20.4. The van der Waals surface area contributed by atoms with Crippen LogP contribution in [0.3, 0.4) is 0 Å². The van der Waals surface area contributed by atoms with Crippen LogP contribution in [0.2, 0.25) is 5.02 Å². The average molecular weight is 516 g/mol. The van der Waals surface area contributed by atoms with E-state index in [0.29, 0.717) is 32.3 Å². The highest BCUT2D eigenvalue weighted by molar-refractivity contribution is 9.10. The third-order valence-electron chi connectivity index (χ3n) is 4.52. The minimum atomic E-state index is -0.356. The number of hydrogen-bond acceptors (Lipinski definition) is 4. The number of amides is 1. The first-order valence-corrected chi connectivity index (χ1v) is 10.7. The maximum Gasteiger partial charge on any atom is 0.257 e. The van der Waals surface area contributed by atoms with Crippen LogP contribution in [0.1, 0.15) is 10.4 Å². The number of nitrogens with one attached hydrogen (secondary N) is 3. The Balaban J connectivity index is 1.50. The van der Waals surface area contributed by atoms with Crippen molar-refractivity contribution in [3.63, 3.8) is 0 Å². The molecule has 0 unspecified atom stereocenters. The number of rotatable bonds is 4. The van der Waals surface area contributed by atoms with Crippen molar-refractivity contribution in [2.75, 3.05) is 12.4 Å². The minimum Gasteiger partial charge on any atom is -0.496 e. The van der Waals surface area contributed by atoms with Gasteiger partial charge in [0.1, 0.15) is 11.6 Å². The Morgan fingerprint density at radius 1 is 1.16 bits per heavy atom. The predicted octanol–water partition coefficient (Wildman–Crippen LogP) is 5.78. The molecule has 3 aromatic carbocycles. The first-order chi connectivity index (χ1) is 14.9. The number of aromatic nitrogens is 2. The van der Waals surface area contributed by atoms with Crippen LogP contribution >= 0.6 is 39.7 Å². The van der Waals surface area contributed by atoms with Crippen LogP contribution in [-0.2, 0) is 0 Å². The maximum atomic E-state index is 12.5. The fourth-order valence-electron chi connectivity index (χ4n) is 2.99. The zero-order valence-corrected chi connectivity index (χ0v) is 19.4. The van der Waals surface area contributed by atoms with Gasteiger partial charge in [-0.05, 0) is 76.7 Å². The van der Waals surface area contributed by atoms with Crippen molar-refractivity contribution in [2.45, 2.75) is 0 Å². The molecule has 0 aliphatic rings. The van der Waals surface area contributed by atoms with Crippen molar-refractivity contribution in [2.24, 2.45) is 0 Å². The van der Waals surface area contributed by atoms with Crippen LogP contribution in [0.5, 0.6) is 5.75 Å². The van der Waals surface area contributed by atoms with Gasteiger partial charge in [0.15, 0.2) is 5.11 Å². The Hall–Kier alpha value is -2.94. The van der Waals surface area contributed by atoms with Crippen LogP contribution < -0.4 is 15.4 Å². The molecule has 0 aliphatic carbocycles. The fourth-order valence-corrected chi connectivity index (χ4v) is 3.90. The Bertz CT molecular complexity index is 1270. The van der Waals surface area contributed by atoms with Crippen molar-refractivity contribution in [3.05, 3.63) is 75.7 Å². The van der Waals surface area contributed by atoms with Gasteiger partial charge in [0.05, 0.1) is 33.3 Å². The second kappa shape index (κ2) is 9.05. The number of carbonyl (C=O) groups excluding carboxylic acids is 1. The second-order valence-corrected chi connectivity index (χ2v) is 8.22. The van der Waals surface area contributed by atoms with Crippen LogP contribution in [0.15, 0.2) is 65.1 Å². The van der Waals surface area contributed by atoms with E-state index in [1.165, 1.54) is 0 Å². The third kappa shape index (κ3) is 4.71. The van der Waals surface area contributed by atoms with E-state index in [0.717, 1.165) is 16.6 Å². The Labute approximate surface area is 197 Å². The van der Waals surface area contributed by atoms with Crippen LogP contribution in [0, 0.1) is 0 Å². The summed E-state index contributed by atoms with van der Waals surface area (Å²) in [6.45, 7) is 0. The predicted molar refractivity (Wildman–Crippen MR) is 131 cm³/mol. The minimum absolute atomic E-state index is 0.126. The van der Waals surface area contributed by atoms with Gasteiger partial charge in [0.2, 0.25) is 0 Å². The van der Waals surface area contributed by atoms with Crippen molar-refractivity contribution in [3.8, 4) is 17.1 Å². The first kappa shape index (κ1) is 21.3. The molecule has 1 heterocycles. The Morgan fingerprint density at radius 3 is 2.71 bits per heavy atom. The van der Waals surface area contributed by atoms with Crippen LogP contribution in [0.4, 0.5) is 5.69 Å². The summed E-state index contributed by atoms with van der Waals surface area (Å²) in [5.74, 6) is 0.982. The number of aromatic amines is 1. The number of ether oxygens (including phenoxy) is 1.